The third-order valence-electron chi connectivity index (χ3n) is 3.56. The van der Waals surface area contributed by atoms with Gasteiger partial charge in [0.05, 0.1) is 0 Å². The summed E-state index contributed by atoms with van der Waals surface area (Å²) in [5.41, 5.74) is 3.07. The molecule has 102 valence electrons. The van der Waals surface area contributed by atoms with Gasteiger partial charge in [-0.15, -0.1) is 0 Å². The van der Waals surface area contributed by atoms with Crippen LogP contribution in [0.25, 0.3) is 0 Å². The second-order valence-electron chi connectivity index (χ2n) is 5.11. The van der Waals surface area contributed by atoms with Crippen LogP contribution in [-0.4, -0.2) is 29.8 Å². The lowest BCUT2D eigenvalue weighted by molar-refractivity contribution is -0.133. The van der Waals surface area contributed by atoms with E-state index in [4.69, 9.17) is 0 Å². The lowest BCUT2D eigenvalue weighted by Crippen LogP contribution is -2.31. The zero-order valence-electron chi connectivity index (χ0n) is 11.5. The van der Waals surface area contributed by atoms with Crippen molar-refractivity contribution in [3.05, 3.63) is 29.3 Å². The molecule has 0 atom stereocenters. The van der Waals surface area contributed by atoms with E-state index < -0.39 is 0 Å². The van der Waals surface area contributed by atoms with E-state index in [1.807, 2.05) is 32.0 Å². The topological polar surface area (TPSA) is 49.4 Å². The number of carbonyl (C=O) groups excluding carboxylic acids is 2. The van der Waals surface area contributed by atoms with E-state index in [9.17, 15) is 9.59 Å². The van der Waals surface area contributed by atoms with Gasteiger partial charge in [-0.2, -0.15) is 0 Å². The average molecular weight is 260 g/mol. The number of carbonyl (C=O) groups is 2. The number of nitrogens with one attached hydrogen (secondary N) is 1. The number of hydrogen-bond donors (Lipinski definition) is 1. The second kappa shape index (κ2) is 5.87. The van der Waals surface area contributed by atoms with Crippen LogP contribution in [0.4, 0.5) is 5.69 Å². The molecule has 1 aromatic carbocycles. The monoisotopic (exact) mass is 260 g/mol. The van der Waals surface area contributed by atoms with Gasteiger partial charge in [0.2, 0.25) is 11.8 Å². The standard InChI is InChI=1S/C15H20N2O2/c1-11-5-6-13(9-12(11)2)16-14(18)10-15(19)17-7-3-4-8-17/h5-6,9H,3-4,7-8,10H2,1-2H3,(H,16,18). The Morgan fingerprint density at radius 3 is 2.47 bits per heavy atom. The summed E-state index contributed by atoms with van der Waals surface area (Å²) in [6.07, 6.45) is 2.03. The zero-order chi connectivity index (χ0) is 13.8. The fourth-order valence-electron chi connectivity index (χ4n) is 2.24. The van der Waals surface area contributed by atoms with Crippen LogP contribution in [0.1, 0.15) is 30.4 Å². The number of anilines is 1. The maximum absolute atomic E-state index is 11.8. The summed E-state index contributed by atoms with van der Waals surface area (Å²) in [4.78, 5) is 25.4. The third kappa shape index (κ3) is 3.56. The van der Waals surface area contributed by atoms with Gasteiger partial charge >= 0.3 is 0 Å². The number of hydrogen-bond acceptors (Lipinski definition) is 2. The summed E-state index contributed by atoms with van der Waals surface area (Å²) < 4.78 is 0. The molecule has 1 heterocycles. The van der Waals surface area contributed by atoms with E-state index in [-0.39, 0.29) is 18.2 Å². The molecule has 1 aromatic rings. The van der Waals surface area contributed by atoms with Gasteiger partial charge in [-0.25, -0.2) is 0 Å². The molecule has 4 heteroatoms. The maximum Gasteiger partial charge on any atom is 0.233 e. The molecule has 19 heavy (non-hydrogen) atoms. The summed E-state index contributed by atoms with van der Waals surface area (Å²) in [6.45, 7) is 5.60. The first-order valence-electron chi connectivity index (χ1n) is 6.71. The molecule has 1 saturated heterocycles. The fourth-order valence-corrected chi connectivity index (χ4v) is 2.24. The van der Waals surface area contributed by atoms with Crippen molar-refractivity contribution >= 4 is 17.5 Å². The van der Waals surface area contributed by atoms with Gasteiger partial charge in [0.1, 0.15) is 6.42 Å². The molecule has 0 bridgehead atoms. The summed E-state index contributed by atoms with van der Waals surface area (Å²) in [5, 5.41) is 2.78. The van der Waals surface area contributed by atoms with Crippen molar-refractivity contribution < 1.29 is 9.59 Å². The number of aryl methyl sites for hydroxylation is 2. The molecule has 2 amide bonds. The predicted octanol–water partition coefficient (Wildman–Crippen LogP) is 2.25. The fraction of sp³-hybridized carbons (Fsp3) is 0.467. The van der Waals surface area contributed by atoms with Crippen molar-refractivity contribution in [2.45, 2.75) is 33.1 Å². The Kier molecular flexibility index (Phi) is 4.20. The first-order chi connectivity index (χ1) is 9.06. The maximum atomic E-state index is 11.8. The zero-order valence-corrected chi connectivity index (χ0v) is 11.5. The minimum absolute atomic E-state index is 0.0626. The van der Waals surface area contributed by atoms with Gasteiger partial charge in [-0.1, -0.05) is 6.07 Å². The van der Waals surface area contributed by atoms with Crippen molar-refractivity contribution in [2.24, 2.45) is 0 Å². The van der Waals surface area contributed by atoms with Crippen molar-refractivity contribution in [1.82, 2.24) is 4.90 Å². The largest absolute Gasteiger partial charge is 0.342 e. The quantitative estimate of drug-likeness (QED) is 0.847. The minimum atomic E-state index is -0.236. The van der Waals surface area contributed by atoms with Crippen LogP contribution in [0.5, 0.6) is 0 Å². The lowest BCUT2D eigenvalue weighted by Gasteiger charge is -2.15. The molecular weight excluding hydrogens is 240 g/mol. The number of amides is 2. The van der Waals surface area contributed by atoms with Crippen LogP contribution in [0.2, 0.25) is 0 Å². The Morgan fingerprint density at radius 2 is 1.84 bits per heavy atom. The van der Waals surface area contributed by atoms with Gasteiger partial charge in [0, 0.05) is 18.8 Å². The first kappa shape index (κ1) is 13.6. The van der Waals surface area contributed by atoms with Crippen LogP contribution >= 0.6 is 0 Å². The molecule has 0 aliphatic carbocycles. The highest BCUT2D eigenvalue weighted by Gasteiger charge is 2.20. The highest BCUT2D eigenvalue weighted by Crippen LogP contribution is 2.15. The molecular formula is C15H20N2O2. The Hall–Kier alpha value is -1.84. The molecule has 0 aromatic heterocycles. The van der Waals surface area contributed by atoms with Gasteiger partial charge < -0.3 is 10.2 Å². The van der Waals surface area contributed by atoms with Crippen molar-refractivity contribution in [1.29, 1.82) is 0 Å². The van der Waals surface area contributed by atoms with Crippen molar-refractivity contribution in [3.63, 3.8) is 0 Å². The molecule has 1 N–H and O–H groups in total. The van der Waals surface area contributed by atoms with Crippen LogP contribution in [-0.2, 0) is 9.59 Å². The van der Waals surface area contributed by atoms with Crippen LogP contribution < -0.4 is 5.32 Å². The van der Waals surface area contributed by atoms with Gasteiger partial charge in [-0.05, 0) is 49.9 Å². The summed E-state index contributed by atoms with van der Waals surface area (Å²) in [7, 11) is 0. The normalized spacial score (nSPS) is 14.5. The summed E-state index contributed by atoms with van der Waals surface area (Å²) in [6, 6.07) is 5.75. The highest BCUT2D eigenvalue weighted by atomic mass is 16.2. The Bertz CT molecular complexity index is 491. The molecule has 1 aliphatic heterocycles. The van der Waals surface area contributed by atoms with Crippen molar-refractivity contribution in [2.75, 3.05) is 18.4 Å². The Labute approximate surface area is 113 Å². The molecule has 1 fully saturated rings. The van der Waals surface area contributed by atoms with Gasteiger partial charge in [-0.3, -0.25) is 9.59 Å². The van der Waals surface area contributed by atoms with Crippen molar-refractivity contribution in [3.8, 4) is 0 Å². The first-order valence-corrected chi connectivity index (χ1v) is 6.71. The molecule has 0 unspecified atom stereocenters. The lowest BCUT2D eigenvalue weighted by atomic mass is 10.1. The second-order valence-corrected chi connectivity index (χ2v) is 5.11. The number of benzene rings is 1. The molecule has 1 aliphatic rings. The number of nitrogens with zero attached hydrogens (tertiary/aromatic N) is 1. The van der Waals surface area contributed by atoms with E-state index in [2.05, 4.69) is 5.32 Å². The predicted molar refractivity (Wildman–Crippen MR) is 75.0 cm³/mol. The third-order valence-corrected chi connectivity index (χ3v) is 3.56. The highest BCUT2D eigenvalue weighted by molar-refractivity contribution is 6.03. The van der Waals surface area contributed by atoms with Crippen LogP contribution in [0.3, 0.4) is 0 Å². The van der Waals surface area contributed by atoms with E-state index >= 15 is 0 Å². The van der Waals surface area contributed by atoms with Crippen LogP contribution in [0.15, 0.2) is 18.2 Å². The van der Waals surface area contributed by atoms with E-state index in [1.54, 1.807) is 4.90 Å². The molecule has 0 spiro atoms. The smallest absolute Gasteiger partial charge is 0.233 e. The van der Waals surface area contributed by atoms with Gasteiger partial charge in [0.15, 0.2) is 0 Å². The van der Waals surface area contributed by atoms with Gasteiger partial charge in [0.25, 0.3) is 0 Å². The SMILES string of the molecule is Cc1ccc(NC(=O)CC(=O)N2CCCC2)cc1C. The average Bonchev–Trinajstić information content (AvgIpc) is 2.87. The van der Waals surface area contributed by atoms with Crippen LogP contribution in [0, 0.1) is 13.8 Å². The van der Waals surface area contributed by atoms with E-state index in [0.29, 0.717) is 0 Å². The summed E-state index contributed by atoms with van der Waals surface area (Å²) >= 11 is 0. The molecule has 0 saturated carbocycles. The molecule has 0 radical (unpaired) electrons. The number of likely N-dealkylation sites (tertiary alicyclic amines) is 1. The molecule has 4 nitrogen and oxygen atoms in total. The number of rotatable bonds is 3. The van der Waals surface area contributed by atoms with E-state index in [0.717, 1.165) is 37.2 Å². The summed E-state index contributed by atoms with van der Waals surface area (Å²) in [5.74, 6) is -0.306. The minimum Gasteiger partial charge on any atom is -0.342 e. The molecule has 2 rings (SSSR count). The van der Waals surface area contributed by atoms with E-state index in [1.165, 1.54) is 5.56 Å². The Morgan fingerprint density at radius 1 is 1.16 bits per heavy atom. The Balaban J connectivity index is 1.89.